The van der Waals surface area contributed by atoms with Crippen molar-refractivity contribution in [2.75, 3.05) is 25.5 Å². The predicted molar refractivity (Wildman–Crippen MR) is 58.0 cm³/mol. The van der Waals surface area contributed by atoms with E-state index in [2.05, 4.69) is 5.32 Å². The molecule has 1 rings (SSSR count). The zero-order valence-corrected chi connectivity index (χ0v) is 10.1. The van der Waals surface area contributed by atoms with E-state index >= 15 is 0 Å². The van der Waals surface area contributed by atoms with E-state index < -0.39 is 16.7 Å². The molecule has 1 aliphatic rings. The normalized spacial score (nSPS) is 29.3. The quantitative estimate of drug-likeness (QED) is 0.769. The van der Waals surface area contributed by atoms with Crippen LogP contribution in [0.4, 0.5) is 4.39 Å². The van der Waals surface area contributed by atoms with Crippen LogP contribution in [0.25, 0.3) is 0 Å². The van der Waals surface area contributed by atoms with Crippen LogP contribution in [0.15, 0.2) is 0 Å². The fraction of sp³-hybridized carbons (Fsp3) is 1.00. The molecule has 0 bridgehead atoms. The van der Waals surface area contributed by atoms with Crippen LogP contribution >= 0.6 is 0 Å². The van der Waals surface area contributed by atoms with Gasteiger partial charge in [0.25, 0.3) is 0 Å². The van der Waals surface area contributed by atoms with Crippen LogP contribution in [0.1, 0.15) is 20.3 Å². The smallest absolute Gasteiger partial charge is 0.214 e. The maximum absolute atomic E-state index is 12.0. The highest BCUT2D eigenvalue weighted by Gasteiger charge is 2.32. The maximum Gasteiger partial charge on any atom is 0.214 e. The molecule has 0 aromatic rings. The minimum absolute atomic E-state index is 0.0524. The summed E-state index contributed by atoms with van der Waals surface area (Å²) >= 11 is 0. The van der Waals surface area contributed by atoms with E-state index in [9.17, 15) is 12.8 Å². The molecule has 6 heteroatoms. The first-order chi connectivity index (χ1) is 6.99. The second-order valence-corrected chi connectivity index (χ2v) is 5.99. The van der Waals surface area contributed by atoms with Gasteiger partial charge in [0.2, 0.25) is 10.0 Å². The largest absolute Gasteiger partial charge is 0.311 e. The van der Waals surface area contributed by atoms with Crippen molar-refractivity contribution in [2.24, 2.45) is 0 Å². The Morgan fingerprint density at radius 1 is 1.47 bits per heavy atom. The van der Waals surface area contributed by atoms with Crippen LogP contribution in [0, 0.1) is 0 Å². The molecule has 1 saturated heterocycles. The van der Waals surface area contributed by atoms with Gasteiger partial charge in [0.1, 0.15) is 0 Å². The fourth-order valence-electron chi connectivity index (χ4n) is 1.77. The highest BCUT2D eigenvalue weighted by atomic mass is 32.2. The van der Waals surface area contributed by atoms with Gasteiger partial charge in [-0.1, -0.05) is 0 Å². The zero-order chi connectivity index (χ0) is 11.5. The SMILES string of the molecule is CC1NCCN(S(=O)(=O)CCCF)C1C. The van der Waals surface area contributed by atoms with Gasteiger partial charge in [-0.25, -0.2) is 8.42 Å². The standard InChI is InChI=1S/C9H19FN2O2S/c1-8-9(2)12(6-5-11-8)15(13,14)7-3-4-10/h8-9,11H,3-7H2,1-2H3. The Balaban J connectivity index is 2.68. The summed E-state index contributed by atoms with van der Waals surface area (Å²) in [7, 11) is -3.27. The zero-order valence-electron chi connectivity index (χ0n) is 9.24. The molecule has 0 spiro atoms. The molecule has 0 aromatic carbocycles. The molecule has 4 nitrogen and oxygen atoms in total. The topological polar surface area (TPSA) is 49.4 Å². The van der Waals surface area contributed by atoms with Crippen molar-refractivity contribution < 1.29 is 12.8 Å². The number of halogens is 1. The van der Waals surface area contributed by atoms with Gasteiger partial charge in [-0.05, 0) is 20.3 Å². The summed E-state index contributed by atoms with van der Waals surface area (Å²) < 4.78 is 37.1. The van der Waals surface area contributed by atoms with Gasteiger partial charge < -0.3 is 5.32 Å². The third-order valence-corrected chi connectivity index (χ3v) is 4.90. The maximum atomic E-state index is 12.0. The average Bonchev–Trinajstić information content (AvgIpc) is 2.19. The van der Waals surface area contributed by atoms with Crippen molar-refractivity contribution in [3.63, 3.8) is 0 Å². The van der Waals surface area contributed by atoms with Gasteiger partial charge in [0.05, 0.1) is 12.4 Å². The Hall–Kier alpha value is -0.200. The molecule has 2 unspecified atom stereocenters. The van der Waals surface area contributed by atoms with E-state index in [4.69, 9.17) is 0 Å². The highest BCUT2D eigenvalue weighted by Crippen LogP contribution is 2.14. The number of hydrogen-bond acceptors (Lipinski definition) is 3. The third kappa shape index (κ3) is 3.12. The second-order valence-electron chi connectivity index (χ2n) is 3.95. The lowest BCUT2D eigenvalue weighted by Gasteiger charge is -2.37. The first kappa shape index (κ1) is 12.9. The van der Waals surface area contributed by atoms with Crippen LogP contribution in [0.2, 0.25) is 0 Å². The molecule has 15 heavy (non-hydrogen) atoms. The van der Waals surface area contributed by atoms with Gasteiger partial charge in [0.15, 0.2) is 0 Å². The molecule has 1 heterocycles. The van der Waals surface area contributed by atoms with Gasteiger partial charge in [-0.2, -0.15) is 4.31 Å². The molecule has 0 amide bonds. The van der Waals surface area contributed by atoms with Crippen molar-refractivity contribution in [2.45, 2.75) is 32.4 Å². The molecular weight excluding hydrogens is 219 g/mol. The van der Waals surface area contributed by atoms with Crippen molar-refractivity contribution in [3.05, 3.63) is 0 Å². The van der Waals surface area contributed by atoms with Crippen LogP contribution in [0.3, 0.4) is 0 Å². The van der Waals surface area contributed by atoms with Crippen molar-refractivity contribution in [1.29, 1.82) is 0 Å². The lowest BCUT2D eigenvalue weighted by molar-refractivity contribution is 0.232. The number of piperazine rings is 1. The molecular formula is C9H19FN2O2S. The molecule has 1 aliphatic heterocycles. The van der Waals surface area contributed by atoms with Gasteiger partial charge in [-0.15, -0.1) is 0 Å². The molecule has 0 saturated carbocycles. The van der Waals surface area contributed by atoms with Crippen LogP contribution in [0.5, 0.6) is 0 Å². The number of alkyl halides is 1. The second kappa shape index (κ2) is 5.23. The van der Waals surface area contributed by atoms with E-state index in [1.807, 2.05) is 13.8 Å². The first-order valence-corrected chi connectivity index (χ1v) is 6.89. The number of nitrogens with zero attached hydrogens (tertiary/aromatic N) is 1. The Bertz CT molecular complexity index is 294. The van der Waals surface area contributed by atoms with E-state index in [-0.39, 0.29) is 24.3 Å². The van der Waals surface area contributed by atoms with Gasteiger partial charge >= 0.3 is 0 Å². The monoisotopic (exact) mass is 238 g/mol. The average molecular weight is 238 g/mol. The van der Waals surface area contributed by atoms with E-state index in [0.717, 1.165) is 0 Å². The summed E-state index contributed by atoms with van der Waals surface area (Å²) in [6, 6.07) is 0.0993. The Kier molecular flexibility index (Phi) is 4.48. The number of sulfonamides is 1. The highest BCUT2D eigenvalue weighted by molar-refractivity contribution is 7.89. The van der Waals surface area contributed by atoms with Crippen LogP contribution in [-0.2, 0) is 10.0 Å². The number of rotatable bonds is 4. The van der Waals surface area contributed by atoms with Crippen molar-refractivity contribution >= 4 is 10.0 Å². The summed E-state index contributed by atoms with van der Waals surface area (Å²) in [6.45, 7) is 4.42. The van der Waals surface area contributed by atoms with Crippen molar-refractivity contribution in [3.8, 4) is 0 Å². The molecule has 1 N–H and O–H groups in total. The molecule has 1 fully saturated rings. The first-order valence-electron chi connectivity index (χ1n) is 5.28. The van der Waals surface area contributed by atoms with Gasteiger partial charge in [0, 0.05) is 25.2 Å². The lowest BCUT2D eigenvalue weighted by atomic mass is 10.1. The molecule has 0 aromatic heterocycles. The summed E-state index contributed by atoms with van der Waals surface area (Å²) in [4.78, 5) is 0. The summed E-state index contributed by atoms with van der Waals surface area (Å²) in [5.74, 6) is -0.0828. The lowest BCUT2D eigenvalue weighted by Crippen LogP contribution is -2.57. The molecule has 2 atom stereocenters. The summed E-state index contributed by atoms with van der Waals surface area (Å²) in [6.07, 6.45) is 0.0906. The summed E-state index contributed by atoms with van der Waals surface area (Å²) in [5, 5.41) is 3.21. The molecule has 0 aliphatic carbocycles. The van der Waals surface area contributed by atoms with E-state index in [1.165, 1.54) is 4.31 Å². The Labute approximate surface area is 90.9 Å². The summed E-state index contributed by atoms with van der Waals surface area (Å²) in [5.41, 5.74) is 0. The predicted octanol–water partition coefficient (Wildman–Crippen LogP) is 0.358. The Morgan fingerprint density at radius 3 is 2.73 bits per heavy atom. The van der Waals surface area contributed by atoms with E-state index in [0.29, 0.717) is 13.1 Å². The fourth-order valence-corrected chi connectivity index (χ4v) is 3.54. The van der Waals surface area contributed by atoms with Crippen molar-refractivity contribution in [1.82, 2.24) is 9.62 Å². The Morgan fingerprint density at radius 2 is 2.13 bits per heavy atom. The van der Waals surface area contributed by atoms with Gasteiger partial charge in [-0.3, -0.25) is 4.39 Å². The third-order valence-electron chi connectivity index (χ3n) is 2.87. The van der Waals surface area contributed by atoms with Crippen LogP contribution < -0.4 is 5.32 Å². The van der Waals surface area contributed by atoms with Crippen LogP contribution in [-0.4, -0.2) is 50.3 Å². The molecule has 0 radical (unpaired) electrons. The minimum atomic E-state index is -3.27. The number of hydrogen-bond donors (Lipinski definition) is 1. The molecule has 90 valence electrons. The minimum Gasteiger partial charge on any atom is -0.311 e. The number of nitrogens with one attached hydrogen (secondary N) is 1. The van der Waals surface area contributed by atoms with E-state index in [1.54, 1.807) is 0 Å².